The number of anilines is 1. The number of aliphatic hydroxyl groups excluding tert-OH is 1. The molecular weight excluding hydrogens is 323 g/mol. The van der Waals surface area contributed by atoms with Gasteiger partial charge in [-0.25, -0.2) is 0 Å². The summed E-state index contributed by atoms with van der Waals surface area (Å²) < 4.78 is 39.4. The molecule has 0 saturated heterocycles. The van der Waals surface area contributed by atoms with Crippen LogP contribution in [-0.2, 0) is 6.18 Å². The molecule has 1 fully saturated rings. The lowest BCUT2D eigenvalue weighted by atomic mass is 10.0. The van der Waals surface area contributed by atoms with Gasteiger partial charge in [-0.2, -0.15) is 13.2 Å². The van der Waals surface area contributed by atoms with Crippen LogP contribution in [-0.4, -0.2) is 17.8 Å². The molecule has 1 aliphatic rings. The molecule has 2 N–H and O–H groups in total. The molecule has 0 aliphatic heterocycles. The molecule has 2 rings (SSSR count). The summed E-state index contributed by atoms with van der Waals surface area (Å²) >= 11 is 3.19. The highest BCUT2D eigenvalue weighted by molar-refractivity contribution is 9.10. The van der Waals surface area contributed by atoms with E-state index in [1.54, 1.807) is 0 Å². The van der Waals surface area contributed by atoms with Crippen molar-refractivity contribution < 1.29 is 18.3 Å². The van der Waals surface area contributed by atoms with E-state index < -0.39 is 11.7 Å². The van der Waals surface area contributed by atoms with Gasteiger partial charge in [0.25, 0.3) is 0 Å². The SMILES string of the molecule is OCC1CCCC1Nc1cc(Br)ccc1C(F)(F)F. The summed E-state index contributed by atoms with van der Waals surface area (Å²) in [4.78, 5) is 0. The molecule has 6 heteroatoms. The maximum Gasteiger partial charge on any atom is 0.418 e. The Morgan fingerprint density at radius 3 is 2.68 bits per heavy atom. The van der Waals surface area contributed by atoms with Gasteiger partial charge in [-0.1, -0.05) is 22.4 Å². The first kappa shape index (κ1) is 14.7. The highest BCUT2D eigenvalue weighted by Crippen LogP contribution is 2.38. The fourth-order valence-electron chi connectivity index (χ4n) is 2.53. The lowest BCUT2D eigenvalue weighted by molar-refractivity contribution is -0.137. The normalized spacial score (nSPS) is 23.6. The van der Waals surface area contributed by atoms with Crippen LogP contribution in [0, 0.1) is 5.92 Å². The molecule has 0 amide bonds. The van der Waals surface area contributed by atoms with Gasteiger partial charge in [0.15, 0.2) is 0 Å². The molecule has 1 aliphatic carbocycles. The summed E-state index contributed by atoms with van der Waals surface area (Å²) in [5.41, 5.74) is -0.591. The Hall–Kier alpha value is -0.750. The Morgan fingerprint density at radius 2 is 2.05 bits per heavy atom. The molecule has 2 unspecified atom stereocenters. The predicted molar refractivity (Wildman–Crippen MR) is 71.0 cm³/mol. The minimum absolute atomic E-state index is 0.00697. The summed E-state index contributed by atoms with van der Waals surface area (Å²) in [6.45, 7) is 0.00697. The van der Waals surface area contributed by atoms with Gasteiger partial charge >= 0.3 is 6.18 Å². The number of alkyl halides is 3. The molecule has 0 bridgehead atoms. The minimum atomic E-state index is -4.38. The Labute approximate surface area is 118 Å². The minimum Gasteiger partial charge on any atom is -0.396 e. The zero-order valence-corrected chi connectivity index (χ0v) is 11.8. The van der Waals surface area contributed by atoms with Crippen LogP contribution in [0.3, 0.4) is 0 Å². The fourth-order valence-corrected chi connectivity index (χ4v) is 2.89. The van der Waals surface area contributed by atoms with Gasteiger partial charge in [-0.3, -0.25) is 0 Å². The maximum absolute atomic E-state index is 12.9. The molecule has 19 heavy (non-hydrogen) atoms. The first-order valence-electron chi connectivity index (χ1n) is 6.16. The van der Waals surface area contributed by atoms with Gasteiger partial charge in [0, 0.05) is 28.7 Å². The average Bonchev–Trinajstić information content (AvgIpc) is 2.74. The van der Waals surface area contributed by atoms with E-state index in [2.05, 4.69) is 21.2 Å². The molecule has 1 aromatic rings. The number of nitrogens with one attached hydrogen (secondary N) is 1. The van der Waals surface area contributed by atoms with E-state index in [0.29, 0.717) is 4.47 Å². The zero-order chi connectivity index (χ0) is 14.0. The lowest BCUT2D eigenvalue weighted by Crippen LogP contribution is -2.27. The summed E-state index contributed by atoms with van der Waals surface area (Å²) in [5.74, 6) is 0.0278. The van der Waals surface area contributed by atoms with Gasteiger partial charge in [-0.05, 0) is 31.0 Å². The predicted octanol–water partition coefficient (Wildman–Crippen LogP) is 4.04. The van der Waals surface area contributed by atoms with Crippen molar-refractivity contribution in [1.82, 2.24) is 0 Å². The molecule has 106 valence electrons. The molecule has 2 atom stereocenters. The molecule has 0 spiro atoms. The van der Waals surface area contributed by atoms with Crippen molar-refractivity contribution in [3.8, 4) is 0 Å². The summed E-state index contributed by atoms with van der Waals surface area (Å²) in [5, 5.41) is 12.2. The monoisotopic (exact) mass is 337 g/mol. The van der Waals surface area contributed by atoms with Crippen LogP contribution in [0.15, 0.2) is 22.7 Å². The maximum atomic E-state index is 12.9. The van der Waals surface area contributed by atoms with Crippen LogP contribution >= 0.6 is 15.9 Å². The second-order valence-electron chi connectivity index (χ2n) is 4.81. The lowest BCUT2D eigenvalue weighted by Gasteiger charge is -2.23. The summed E-state index contributed by atoms with van der Waals surface area (Å²) in [6.07, 6.45) is -1.81. The van der Waals surface area contributed by atoms with Gasteiger partial charge in [0.2, 0.25) is 0 Å². The van der Waals surface area contributed by atoms with Crippen LogP contribution in [0.1, 0.15) is 24.8 Å². The third kappa shape index (κ3) is 3.42. The molecule has 0 aromatic heterocycles. The summed E-state index contributed by atoms with van der Waals surface area (Å²) in [7, 11) is 0. The number of hydrogen-bond acceptors (Lipinski definition) is 2. The van der Waals surface area contributed by atoms with Gasteiger partial charge in [0.1, 0.15) is 0 Å². The molecular formula is C13H15BrF3NO. The van der Waals surface area contributed by atoms with Crippen molar-refractivity contribution in [3.05, 3.63) is 28.2 Å². The van der Waals surface area contributed by atoms with Crippen LogP contribution in [0.25, 0.3) is 0 Å². The Kier molecular flexibility index (Phi) is 4.40. The van der Waals surface area contributed by atoms with Crippen LogP contribution in [0.5, 0.6) is 0 Å². The van der Waals surface area contributed by atoms with E-state index in [0.717, 1.165) is 25.3 Å². The van der Waals surface area contributed by atoms with Gasteiger partial charge < -0.3 is 10.4 Å². The average molecular weight is 338 g/mol. The van der Waals surface area contributed by atoms with Crippen molar-refractivity contribution >= 4 is 21.6 Å². The molecule has 0 heterocycles. The van der Waals surface area contributed by atoms with E-state index in [9.17, 15) is 18.3 Å². The van der Waals surface area contributed by atoms with Crippen LogP contribution in [0.2, 0.25) is 0 Å². The highest BCUT2D eigenvalue weighted by atomic mass is 79.9. The first-order chi connectivity index (χ1) is 8.91. The Balaban J connectivity index is 2.26. The number of aliphatic hydroxyl groups is 1. The number of halogens is 4. The molecule has 2 nitrogen and oxygen atoms in total. The number of hydrogen-bond donors (Lipinski definition) is 2. The molecule has 0 radical (unpaired) electrons. The van der Waals surface area contributed by atoms with Crippen molar-refractivity contribution in [1.29, 1.82) is 0 Å². The van der Waals surface area contributed by atoms with Gasteiger partial charge in [-0.15, -0.1) is 0 Å². The second-order valence-corrected chi connectivity index (χ2v) is 5.73. The van der Waals surface area contributed by atoms with Gasteiger partial charge in [0.05, 0.1) is 5.56 Å². The van der Waals surface area contributed by atoms with Crippen molar-refractivity contribution in [2.75, 3.05) is 11.9 Å². The number of benzene rings is 1. The summed E-state index contributed by atoms with van der Waals surface area (Å²) in [6, 6.07) is 3.79. The third-order valence-corrected chi connectivity index (χ3v) is 4.01. The molecule has 1 aromatic carbocycles. The first-order valence-corrected chi connectivity index (χ1v) is 6.95. The standard InChI is InChI=1S/C13H15BrF3NO/c14-9-4-5-10(13(15,16)17)12(6-9)18-11-3-1-2-8(11)7-19/h4-6,8,11,18-19H,1-3,7H2. The third-order valence-electron chi connectivity index (χ3n) is 3.52. The zero-order valence-electron chi connectivity index (χ0n) is 10.2. The topological polar surface area (TPSA) is 32.3 Å². The van der Waals surface area contributed by atoms with E-state index >= 15 is 0 Å². The van der Waals surface area contributed by atoms with Crippen molar-refractivity contribution in [3.63, 3.8) is 0 Å². The van der Waals surface area contributed by atoms with E-state index in [1.165, 1.54) is 12.1 Å². The largest absolute Gasteiger partial charge is 0.418 e. The Morgan fingerprint density at radius 1 is 1.32 bits per heavy atom. The second kappa shape index (κ2) is 5.71. The fraction of sp³-hybridized carbons (Fsp3) is 0.538. The van der Waals surface area contributed by atoms with Crippen molar-refractivity contribution in [2.24, 2.45) is 5.92 Å². The van der Waals surface area contributed by atoms with Crippen LogP contribution < -0.4 is 5.32 Å². The van der Waals surface area contributed by atoms with Crippen LogP contribution in [0.4, 0.5) is 18.9 Å². The highest BCUT2D eigenvalue weighted by Gasteiger charge is 2.35. The smallest absolute Gasteiger partial charge is 0.396 e. The molecule has 1 saturated carbocycles. The van der Waals surface area contributed by atoms with E-state index in [4.69, 9.17) is 0 Å². The number of rotatable bonds is 3. The van der Waals surface area contributed by atoms with Crippen molar-refractivity contribution in [2.45, 2.75) is 31.5 Å². The Bertz CT molecular complexity index is 450. The quantitative estimate of drug-likeness (QED) is 0.872. The van der Waals surface area contributed by atoms with E-state index in [-0.39, 0.29) is 24.3 Å². The van der Waals surface area contributed by atoms with E-state index in [1.807, 2.05) is 0 Å².